The van der Waals surface area contributed by atoms with E-state index in [-0.39, 0.29) is 11.6 Å². The molecular formula is C22H23N7O. The van der Waals surface area contributed by atoms with E-state index in [0.717, 1.165) is 23.2 Å². The monoisotopic (exact) mass is 401 g/mol. The van der Waals surface area contributed by atoms with Crippen molar-refractivity contribution >= 4 is 11.7 Å². The van der Waals surface area contributed by atoms with Gasteiger partial charge in [0.15, 0.2) is 11.5 Å². The lowest BCUT2D eigenvalue weighted by molar-refractivity contribution is 0.102. The van der Waals surface area contributed by atoms with Crippen LogP contribution in [0.15, 0.2) is 55.0 Å². The van der Waals surface area contributed by atoms with E-state index in [9.17, 15) is 4.79 Å². The highest BCUT2D eigenvalue weighted by Gasteiger charge is 2.18. The molecule has 0 unspecified atom stereocenters. The maximum atomic E-state index is 12.7. The molecule has 4 aromatic rings. The molecule has 3 aromatic heterocycles. The number of hydrogen-bond donors (Lipinski definition) is 1. The van der Waals surface area contributed by atoms with Crippen molar-refractivity contribution in [2.75, 3.05) is 5.32 Å². The van der Waals surface area contributed by atoms with Gasteiger partial charge in [0.05, 0.1) is 11.4 Å². The third-order valence-electron chi connectivity index (χ3n) is 4.83. The molecule has 0 atom stereocenters. The summed E-state index contributed by atoms with van der Waals surface area (Å²) in [6.07, 6.45) is 6.23. The summed E-state index contributed by atoms with van der Waals surface area (Å²) in [5.74, 6) is 0.151. The van der Waals surface area contributed by atoms with Crippen LogP contribution in [0.4, 0.5) is 5.82 Å². The van der Waals surface area contributed by atoms with Crippen molar-refractivity contribution in [1.29, 1.82) is 0 Å². The first-order valence-electron chi connectivity index (χ1n) is 9.75. The summed E-state index contributed by atoms with van der Waals surface area (Å²) in [6.45, 7) is 6.52. The summed E-state index contributed by atoms with van der Waals surface area (Å²) in [6, 6.07) is 11.7. The first-order valence-corrected chi connectivity index (χ1v) is 9.75. The Balaban J connectivity index is 1.44. The minimum absolute atomic E-state index is 0.279. The van der Waals surface area contributed by atoms with Crippen LogP contribution in [0.1, 0.15) is 32.9 Å². The highest BCUT2D eigenvalue weighted by atomic mass is 16.2. The molecule has 0 saturated carbocycles. The number of carbonyl (C=O) groups excluding carboxylic acids is 1. The molecule has 3 heterocycles. The lowest BCUT2D eigenvalue weighted by Gasteiger charge is -2.05. The molecule has 152 valence electrons. The smallest absolute Gasteiger partial charge is 0.279 e. The van der Waals surface area contributed by atoms with Crippen LogP contribution in [-0.2, 0) is 13.0 Å². The van der Waals surface area contributed by atoms with E-state index in [1.54, 1.807) is 30.1 Å². The zero-order chi connectivity index (χ0) is 21.1. The van der Waals surface area contributed by atoms with Gasteiger partial charge in [-0.05, 0) is 56.5 Å². The van der Waals surface area contributed by atoms with E-state index in [0.29, 0.717) is 18.1 Å². The lowest BCUT2D eigenvalue weighted by Crippen LogP contribution is -2.15. The van der Waals surface area contributed by atoms with Crippen LogP contribution in [0.2, 0.25) is 0 Å². The average Bonchev–Trinajstić information content (AvgIpc) is 3.33. The minimum Gasteiger partial charge on any atom is -0.304 e. The molecule has 1 N–H and O–H groups in total. The van der Waals surface area contributed by atoms with Crippen LogP contribution in [0, 0.1) is 20.8 Å². The Morgan fingerprint density at radius 2 is 1.80 bits per heavy atom. The number of anilines is 1. The van der Waals surface area contributed by atoms with Crippen molar-refractivity contribution in [2.24, 2.45) is 0 Å². The zero-order valence-electron chi connectivity index (χ0n) is 17.2. The van der Waals surface area contributed by atoms with Crippen molar-refractivity contribution in [1.82, 2.24) is 29.8 Å². The van der Waals surface area contributed by atoms with Crippen molar-refractivity contribution in [3.05, 3.63) is 83.1 Å². The number of pyridine rings is 1. The van der Waals surface area contributed by atoms with Gasteiger partial charge in [0.2, 0.25) is 0 Å². The van der Waals surface area contributed by atoms with Crippen LogP contribution in [0.5, 0.6) is 0 Å². The van der Waals surface area contributed by atoms with Gasteiger partial charge >= 0.3 is 0 Å². The van der Waals surface area contributed by atoms with E-state index in [1.165, 1.54) is 10.4 Å². The Morgan fingerprint density at radius 1 is 1.00 bits per heavy atom. The second kappa shape index (κ2) is 8.28. The molecule has 0 saturated heterocycles. The molecule has 0 bridgehead atoms. The third-order valence-corrected chi connectivity index (χ3v) is 4.83. The molecule has 0 fully saturated rings. The molecule has 1 aromatic carbocycles. The van der Waals surface area contributed by atoms with Gasteiger partial charge in [-0.15, -0.1) is 5.10 Å². The standard InChI is InChI=1S/C22H23N7O/c1-15-4-5-19(16(2)14-15)29-25-17(3)21(27-29)22(30)24-20-9-13-28(26-20)12-8-18-6-10-23-11-7-18/h4-7,9-11,13-14H,8,12H2,1-3H3,(H,24,26,30). The topological polar surface area (TPSA) is 90.5 Å². The van der Waals surface area contributed by atoms with Crippen LogP contribution in [0.3, 0.4) is 0 Å². The highest BCUT2D eigenvalue weighted by molar-refractivity contribution is 6.02. The average molecular weight is 401 g/mol. The van der Waals surface area contributed by atoms with Crippen molar-refractivity contribution in [2.45, 2.75) is 33.7 Å². The normalized spacial score (nSPS) is 10.9. The van der Waals surface area contributed by atoms with Gasteiger partial charge < -0.3 is 5.32 Å². The third kappa shape index (κ3) is 4.27. The van der Waals surface area contributed by atoms with Crippen molar-refractivity contribution in [3.8, 4) is 5.69 Å². The molecule has 0 spiro atoms. The first-order chi connectivity index (χ1) is 14.5. The number of hydrogen-bond acceptors (Lipinski definition) is 5. The molecule has 8 heteroatoms. The largest absolute Gasteiger partial charge is 0.304 e. The van der Waals surface area contributed by atoms with Gasteiger partial charge in [0, 0.05) is 31.2 Å². The first kappa shape index (κ1) is 19.5. The number of rotatable bonds is 6. The van der Waals surface area contributed by atoms with Gasteiger partial charge in [0.25, 0.3) is 5.91 Å². The van der Waals surface area contributed by atoms with Crippen LogP contribution >= 0.6 is 0 Å². The number of amides is 1. The second-order valence-corrected chi connectivity index (χ2v) is 7.24. The minimum atomic E-state index is -0.331. The Bertz CT molecular complexity index is 1180. The maximum absolute atomic E-state index is 12.7. The van der Waals surface area contributed by atoms with E-state index < -0.39 is 0 Å². The number of benzene rings is 1. The van der Waals surface area contributed by atoms with Gasteiger partial charge in [-0.3, -0.25) is 14.5 Å². The number of aryl methyl sites for hydroxylation is 5. The van der Waals surface area contributed by atoms with Crippen molar-refractivity contribution in [3.63, 3.8) is 0 Å². The Kier molecular flexibility index (Phi) is 5.38. The Labute approximate surface area is 174 Å². The van der Waals surface area contributed by atoms with Crippen molar-refractivity contribution < 1.29 is 4.79 Å². The van der Waals surface area contributed by atoms with Gasteiger partial charge in [0.1, 0.15) is 0 Å². The summed E-state index contributed by atoms with van der Waals surface area (Å²) in [4.78, 5) is 18.3. The predicted molar refractivity (Wildman–Crippen MR) is 114 cm³/mol. The van der Waals surface area contributed by atoms with E-state index in [2.05, 4.69) is 31.7 Å². The molecular weight excluding hydrogens is 378 g/mol. The fourth-order valence-corrected chi connectivity index (χ4v) is 3.25. The molecule has 0 aliphatic rings. The SMILES string of the molecule is Cc1ccc(-n2nc(C)c(C(=O)Nc3ccn(CCc4ccncc4)n3)n2)c(C)c1. The maximum Gasteiger partial charge on any atom is 0.279 e. The van der Waals surface area contributed by atoms with E-state index in [1.807, 2.05) is 44.3 Å². The summed E-state index contributed by atoms with van der Waals surface area (Å²) in [5.41, 5.74) is 5.08. The van der Waals surface area contributed by atoms with Crippen LogP contribution < -0.4 is 5.32 Å². The number of nitrogens with one attached hydrogen (secondary N) is 1. The van der Waals surface area contributed by atoms with Gasteiger partial charge in [-0.2, -0.15) is 15.0 Å². The zero-order valence-corrected chi connectivity index (χ0v) is 17.2. The second-order valence-electron chi connectivity index (χ2n) is 7.24. The van der Waals surface area contributed by atoms with Crippen LogP contribution in [-0.4, -0.2) is 35.7 Å². The number of aromatic nitrogens is 6. The summed E-state index contributed by atoms with van der Waals surface area (Å²) in [7, 11) is 0. The Hall–Kier alpha value is -3.81. The molecule has 0 aliphatic heterocycles. The lowest BCUT2D eigenvalue weighted by atomic mass is 10.1. The summed E-state index contributed by atoms with van der Waals surface area (Å²) >= 11 is 0. The van der Waals surface area contributed by atoms with Crippen LogP contribution in [0.25, 0.3) is 5.69 Å². The predicted octanol–water partition coefficient (Wildman–Crippen LogP) is 3.28. The molecule has 8 nitrogen and oxygen atoms in total. The number of carbonyl (C=O) groups is 1. The number of nitrogens with zero attached hydrogens (tertiary/aromatic N) is 6. The summed E-state index contributed by atoms with van der Waals surface area (Å²) < 4.78 is 1.80. The molecule has 0 aliphatic carbocycles. The van der Waals surface area contributed by atoms with E-state index >= 15 is 0 Å². The molecule has 1 amide bonds. The van der Waals surface area contributed by atoms with Gasteiger partial charge in [-0.25, -0.2) is 0 Å². The Morgan fingerprint density at radius 3 is 2.57 bits per heavy atom. The van der Waals surface area contributed by atoms with Gasteiger partial charge in [-0.1, -0.05) is 17.7 Å². The molecule has 30 heavy (non-hydrogen) atoms. The summed E-state index contributed by atoms with van der Waals surface area (Å²) in [5, 5.41) is 16.1. The quantitative estimate of drug-likeness (QED) is 0.535. The highest BCUT2D eigenvalue weighted by Crippen LogP contribution is 2.16. The fraction of sp³-hybridized carbons (Fsp3) is 0.227. The molecule has 0 radical (unpaired) electrons. The fourth-order valence-electron chi connectivity index (χ4n) is 3.25. The van der Waals surface area contributed by atoms with E-state index in [4.69, 9.17) is 0 Å². The molecule has 4 rings (SSSR count).